The van der Waals surface area contributed by atoms with Crippen LogP contribution < -0.4 is 14.2 Å². The van der Waals surface area contributed by atoms with Crippen molar-refractivity contribution in [3.63, 3.8) is 0 Å². The summed E-state index contributed by atoms with van der Waals surface area (Å²) in [4.78, 5) is 0.0620. The van der Waals surface area contributed by atoms with Crippen LogP contribution in [-0.4, -0.2) is 31.8 Å². The predicted molar refractivity (Wildman–Crippen MR) is 89.3 cm³/mol. The van der Waals surface area contributed by atoms with Crippen LogP contribution in [0.1, 0.15) is 5.76 Å². The molecule has 8 nitrogen and oxygen atoms in total. The lowest BCUT2D eigenvalue weighted by Gasteiger charge is -2.19. The summed E-state index contributed by atoms with van der Waals surface area (Å²) in [7, 11) is -3.82. The normalized spacial score (nSPS) is 13.6. The number of fused-ring (bicyclic) bond motifs is 1. The number of sulfonamides is 1. The zero-order chi connectivity index (χ0) is 17.4. The molecule has 130 valence electrons. The van der Waals surface area contributed by atoms with Gasteiger partial charge in [-0.05, 0) is 25.1 Å². The van der Waals surface area contributed by atoms with Crippen molar-refractivity contribution in [2.24, 2.45) is 0 Å². The lowest BCUT2D eigenvalue weighted by Crippen LogP contribution is -2.16. The van der Waals surface area contributed by atoms with Crippen LogP contribution in [0, 0.1) is 6.92 Å². The van der Waals surface area contributed by atoms with Crippen LogP contribution in [-0.2, 0) is 10.0 Å². The van der Waals surface area contributed by atoms with Gasteiger partial charge in [0.1, 0.15) is 29.6 Å². The van der Waals surface area contributed by atoms with Crippen molar-refractivity contribution >= 4 is 15.7 Å². The molecule has 0 fully saturated rings. The van der Waals surface area contributed by atoms with Crippen molar-refractivity contribution in [1.82, 2.24) is 10.2 Å². The maximum Gasteiger partial charge on any atom is 0.265 e. The van der Waals surface area contributed by atoms with Crippen molar-refractivity contribution in [1.29, 1.82) is 0 Å². The number of nitrogens with zero attached hydrogens (tertiary/aromatic N) is 1. The average molecular weight is 361 g/mol. The van der Waals surface area contributed by atoms with Gasteiger partial charge in [0.25, 0.3) is 10.0 Å². The minimum atomic E-state index is -3.82. The molecular formula is C16H15N3O5S. The fourth-order valence-corrected chi connectivity index (χ4v) is 3.80. The molecule has 0 atom stereocenters. The van der Waals surface area contributed by atoms with Crippen LogP contribution in [0.4, 0.5) is 5.69 Å². The molecule has 1 aromatic carbocycles. The second kappa shape index (κ2) is 5.85. The summed E-state index contributed by atoms with van der Waals surface area (Å²) >= 11 is 0. The SMILES string of the molecule is Cc1oc(-c2ccn[nH]2)cc1S(=O)(=O)Nc1ccc2c(c1)OCCO2. The first-order valence-electron chi connectivity index (χ1n) is 7.55. The molecule has 0 amide bonds. The van der Waals surface area contributed by atoms with Gasteiger partial charge in [-0.15, -0.1) is 0 Å². The predicted octanol–water partition coefficient (Wildman–Crippen LogP) is 2.55. The third-order valence-electron chi connectivity index (χ3n) is 3.72. The van der Waals surface area contributed by atoms with Gasteiger partial charge in [0, 0.05) is 18.3 Å². The number of rotatable bonds is 4. The van der Waals surface area contributed by atoms with Crippen LogP contribution in [0.15, 0.2) is 45.8 Å². The molecule has 0 aliphatic carbocycles. The van der Waals surface area contributed by atoms with Gasteiger partial charge >= 0.3 is 0 Å². The van der Waals surface area contributed by atoms with Crippen LogP contribution in [0.2, 0.25) is 0 Å². The van der Waals surface area contributed by atoms with E-state index in [1.54, 1.807) is 37.4 Å². The van der Waals surface area contributed by atoms with E-state index < -0.39 is 10.0 Å². The number of benzene rings is 1. The number of aromatic nitrogens is 2. The van der Waals surface area contributed by atoms with E-state index in [1.165, 1.54) is 6.07 Å². The number of aromatic amines is 1. The van der Waals surface area contributed by atoms with Gasteiger partial charge in [-0.2, -0.15) is 5.10 Å². The van der Waals surface area contributed by atoms with E-state index in [1.807, 2.05) is 0 Å². The fraction of sp³-hybridized carbons (Fsp3) is 0.188. The van der Waals surface area contributed by atoms with E-state index in [4.69, 9.17) is 13.9 Å². The number of nitrogens with one attached hydrogen (secondary N) is 2. The third-order valence-corrected chi connectivity index (χ3v) is 5.21. The molecule has 2 aromatic heterocycles. The Hall–Kier alpha value is -2.94. The number of ether oxygens (including phenoxy) is 2. The van der Waals surface area contributed by atoms with Gasteiger partial charge in [0.15, 0.2) is 17.3 Å². The summed E-state index contributed by atoms with van der Waals surface area (Å²) in [5.41, 5.74) is 0.983. The Balaban J connectivity index is 1.64. The first-order chi connectivity index (χ1) is 12.0. The Morgan fingerprint density at radius 3 is 2.68 bits per heavy atom. The average Bonchev–Trinajstić information content (AvgIpc) is 3.24. The molecule has 0 spiro atoms. The molecule has 4 rings (SSSR count). The largest absolute Gasteiger partial charge is 0.486 e. The molecule has 1 aliphatic heterocycles. The number of hydrogen-bond donors (Lipinski definition) is 2. The zero-order valence-electron chi connectivity index (χ0n) is 13.3. The highest BCUT2D eigenvalue weighted by Gasteiger charge is 2.23. The molecule has 9 heteroatoms. The molecule has 0 unspecified atom stereocenters. The minimum absolute atomic E-state index is 0.0620. The summed E-state index contributed by atoms with van der Waals surface area (Å²) in [6.07, 6.45) is 1.56. The van der Waals surface area contributed by atoms with Gasteiger partial charge in [-0.25, -0.2) is 8.42 Å². The minimum Gasteiger partial charge on any atom is -0.486 e. The summed E-state index contributed by atoms with van der Waals surface area (Å²) in [5.74, 6) is 1.79. The van der Waals surface area contributed by atoms with Crippen molar-refractivity contribution in [3.05, 3.63) is 42.3 Å². The van der Waals surface area contributed by atoms with Crippen molar-refractivity contribution in [3.8, 4) is 23.0 Å². The molecule has 0 saturated carbocycles. The smallest absolute Gasteiger partial charge is 0.265 e. The highest BCUT2D eigenvalue weighted by atomic mass is 32.2. The van der Waals surface area contributed by atoms with E-state index in [9.17, 15) is 8.42 Å². The Bertz CT molecular complexity index is 1010. The van der Waals surface area contributed by atoms with Crippen LogP contribution in [0.25, 0.3) is 11.5 Å². The lowest BCUT2D eigenvalue weighted by atomic mass is 10.3. The Labute approximate surface area is 143 Å². The van der Waals surface area contributed by atoms with E-state index in [2.05, 4.69) is 14.9 Å². The fourth-order valence-electron chi connectivity index (χ4n) is 2.57. The second-order valence-electron chi connectivity index (χ2n) is 5.47. The van der Waals surface area contributed by atoms with E-state index in [-0.39, 0.29) is 10.7 Å². The molecule has 25 heavy (non-hydrogen) atoms. The first kappa shape index (κ1) is 15.6. The van der Waals surface area contributed by atoms with Crippen molar-refractivity contribution < 1.29 is 22.3 Å². The Morgan fingerprint density at radius 2 is 1.92 bits per heavy atom. The number of aryl methyl sites for hydroxylation is 1. The van der Waals surface area contributed by atoms with Gasteiger partial charge in [-0.1, -0.05) is 0 Å². The summed E-state index contributed by atoms with van der Waals surface area (Å²) in [6.45, 7) is 2.50. The highest BCUT2D eigenvalue weighted by Crippen LogP contribution is 2.34. The zero-order valence-corrected chi connectivity index (χ0v) is 14.1. The number of H-pyrrole nitrogens is 1. The van der Waals surface area contributed by atoms with Gasteiger partial charge in [0.05, 0.1) is 5.69 Å². The maximum absolute atomic E-state index is 12.7. The van der Waals surface area contributed by atoms with E-state index in [0.29, 0.717) is 41.9 Å². The molecule has 0 radical (unpaired) electrons. The van der Waals surface area contributed by atoms with Gasteiger partial charge in [0.2, 0.25) is 0 Å². The van der Waals surface area contributed by atoms with Gasteiger partial charge < -0.3 is 13.9 Å². The molecule has 1 aliphatic rings. The molecule has 3 heterocycles. The summed E-state index contributed by atoms with van der Waals surface area (Å²) in [6, 6.07) is 8.05. The van der Waals surface area contributed by atoms with E-state index >= 15 is 0 Å². The van der Waals surface area contributed by atoms with Crippen LogP contribution in [0.3, 0.4) is 0 Å². The van der Waals surface area contributed by atoms with Crippen molar-refractivity contribution in [2.45, 2.75) is 11.8 Å². The number of hydrogen-bond acceptors (Lipinski definition) is 6. The molecule has 3 aromatic rings. The summed E-state index contributed by atoms with van der Waals surface area (Å²) < 4.78 is 44.4. The van der Waals surface area contributed by atoms with E-state index in [0.717, 1.165) is 0 Å². The van der Waals surface area contributed by atoms with Gasteiger partial charge in [-0.3, -0.25) is 9.82 Å². The quantitative estimate of drug-likeness (QED) is 0.740. The highest BCUT2D eigenvalue weighted by molar-refractivity contribution is 7.92. The maximum atomic E-state index is 12.7. The monoisotopic (exact) mass is 361 g/mol. The molecule has 2 N–H and O–H groups in total. The first-order valence-corrected chi connectivity index (χ1v) is 9.04. The lowest BCUT2D eigenvalue weighted by molar-refractivity contribution is 0.171. The number of anilines is 1. The molecule has 0 saturated heterocycles. The second-order valence-corrected chi connectivity index (χ2v) is 7.12. The topological polar surface area (TPSA) is 106 Å². The van der Waals surface area contributed by atoms with Crippen LogP contribution >= 0.6 is 0 Å². The number of furan rings is 1. The Morgan fingerprint density at radius 1 is 1.12 bits per heavy atom. The standard InChI is InChI=1S/C16H15N3O5S/c1-10-16(9-14(24-10)12-4-5-17-18-12)25(20,21)19-11-2-3-13-15(8-11)23-7-6-22-13/h2-5,8-9,19H,6-7H2,1H3,(H,17,18). The molecule has 0 bridgehead atoms. The third kappa shape index (κ3) is 2.93. The van der Waals surface area contributed by atoms with Crippen LogP contribution in [0.5, 0.6) is 11.5 Å². The summed E-state index contributed by atoms with van der Waals surface area (Å²) in [5, 5.41) is 6.57. The van der Waals surface area contributed by atoms with Crippen molar-refractivity contribution in [2.75, 3.05) is 17.9 Å². The Kier molecular flexibility index (Phi) is 3.65. The molecular weight excluding hydrogens is 346 g/mol.